The van der Waals surface area contributed by atoms with Gasteiger partial charge in [-0.15, -0.1) is 0 Å². The molecule has 0 fully saturated rings. The lowest BCUT2D eigenvalue weighted by Crippen LogP contribution is -2.21. The van der Waals surface area contributed by atoms with Crippen LogP contribution in [-0.4, -0.2) is 27.4 Å². The third-order valence-corrected chi connectivity index (χ3v) is 3.38. The molecule has 2 aromatic rings. The fourth-order valence-corrected chi connectivity index (χ4v) is 2.17. The molecule has 1 aromatic heterocycles. The lowest BCUT2D eigenvalue weighted by Gasteiger charge is -2.15. The summed E-state index contributed by atoms with van der Waals surface area (Å²) >= 11 is 1.02. The Labute approximate surface area is 127 Å². The number of hydrogen-bond acceptors (Lipinski definition) is 6. The molecule has 1 aromatic carbocycles. The number of anilines is 2. The molecule has 112 valence electrons. The van der Waals surface area contributed by atoms with Gasteiger partial charge < -0.3 is 10.6 Å². The summed E-state index contributed by atoms with van der Waals surface area (Å²) in [5, 5.41) is 16.2. The van der Waals surface area contributed by atoms with E-state index < -0.39 is 0 Å². The molecule has 0 aliphatic carbocycles. The number of nitrogens with zero attached hydrogens (tertiary/aromatic N) is 3. The van der Waals surface area contributed by atoms with Gasteiger partial charge in [0, 0.05) is 23.3 Å². The van der Waals surface area contributed by atoms with Crippen molar-refractivity contribution in [3.8, 4) is 0 Å². The average Bonchev–Trinajstić information content (AvgIpc) is 2.97. The van der Waals surface area contributed by atoms with Crippen molar-refractivity contribution >= 4 is 28.4 Å². The van der Waals surface area contributed by atoms with Gasteiger partial charge in [0.25, 0.3) is 0 Å². The van der Waals surface area contributed by atoms with Crippen LogP contribution in [0.5, 0.6) is 0 Å². The van der Waals surface area contributed by atoms with E-state index in [2.05, 4.69) is 44.6 Å². The number of urea groups is 1. The van der Waals surface area contributed by atoms with Crippen molar-refractivity contribution < 1.29 is 4.79 Å². The number of aromatic nitrogens is 3. The van der Waals surface area contributed by atoms with Crippen LogP contribution in [0.4, 0.5) is 15.6 Å². The van der Waals surface area contributed by atoms with Gasteiger partial charge in [-0.3, -0.25) is 5.32 Å². The fraction of sp³-hybridized carbons (Fsp3) is 0.385. The van der Waals surface area contributed by atoms with Crippen molar-refractivity contribution in [2.45, 2.75) is 26.3 Å². The summed E-state index contributed by atoms with van der Waals surface area (Å²) in [5.74, 6) is 0. The smallest absolute Gasteiger partial charge is 0.310 e. The molecular formula is C13H18N6OS. The first-order valence-corrected chi connectivity index (χ1v) is 7.52. The molecule has 2 rings (SSSR count). The van der Waals surface area contributed by atoms with Crippen molar-refractivity contribution in [1.82, 2.24) is 20.1 Å². The summed E-state index contributed by atoms with van der Waals surface area (Å²) in [4.78, 5) is 11.8. The quantitative estimate of drug-likeness (QED) is 0.763. The first-order chi connectivity index (χ1) is 10.2. The van der Waals surface area contributed by atoms with E-state index in [4.69, 9.17) is 0 Å². The minimum atomic E-state index is -0.361. The molecule has 1 heterocycles. The van der Waals surface area contributed by atoms with E-state index in [9.17, 15) is 4.79 Å². The molecule has 0 bridgehead atoms. The molecule has 21 heavy (non-hydrogen) atoms. The van der Waals surface area contributed by atoms with Crippen LogP contribution in [0.25, 0.3) is 0 Å². The van der Waals surface area contributed by atoms with Gasteiger partial charge in [-0.1, -0.05) is 28.6 Å². The Kier molecular flexibility index (Phi) is 5.59. The maximum atomic E-state index is 11.8. The fourth-order valence-electron chi connectivity index (χ4n) is 1.81. The van der Waals surface area contributed by atoms with E-state index in [1.807, 2.05) is 24.3 Å². The second-order valence-corrected chi connectivity index (χ2v) is 5.28. The highest BCUT2D eigenvalue weighted by Crippen LogP contribution is 2.17. The van der Waals surface area contributed by atoms with Gasteiger partial charge in [0.2, 0.25) is 5.13 Å². The molecule has 3 N–H and O–H groups in total. The van der Waals surface area contributed by atoms with Gasteiger partial charge in [-0.2, -0.15) is 0 Å². The van der Waals surface area contributed by atoms with Crippen molar-refractivity contribution in [2.75, 3.05) is 17.2 Å². The average molecular weight is 306 g/mol. The maximum absolute atomic E-state index is 11.8. The van der Waals surface area contributed by atoms with Crippen molar-refractivity contribution in [3.05, 3.63) is 29.8 Å². The van der Waals surface area contributed by atoms with Crippen LogP contribution in [0.2, 0.25) is 0 Å². The molecule has 1 atom stereocenters. The minimum Gasteiger partial charge on any atom is -0.310 e. The largest absolute Gasteiger partial charge is 0.325 e. The van der Waals surface area contributed by atoms with Crippen molar-refractivity contribution in [2.24, 2.45) is 0 Å². The monoisotopic (exact) mass is 306 g/mol. The van der Waals surface area contributed by atoms with E-state index in [-0.39, 0.29) is 12.1 Å². The summed E-state index contributed by atoms with van der Waals surface area (Å²) in [6.07, 6.45) is 1.08. The summed E-state index contributed by atoms with van der Waals surface area (Å²) in [7, 11) is 0. The molecule has 7 nitrogen and oxygen atoms in total. The van der Waals surface area contributed by atoms with E-state index >= 15 is 0 Å². The normalized spacial score (nSPS) is 11.9. The van der Waals surface area contributed by atoms with Crippen LogP contribution in [0.3, 0.4) is 0 Å². The number of amides is 2. The lowest BCUT2D eigenvalue weighted by atomic mass is 10.1. The zero-order chi connectivity index (χ0) is 15.1. The molecular weight excluding hydrogens is 288 g/mol. The van der Waals surface area contributed by atoms with Crippen LogP contribution in [0.15, 0.2) is 24.3 Å². The highest BCUT2D eigenvalue weighted by Gasteiger charge is 2.08. The SMILES string of the molecule is CCCNC(C)c1cccc(NC(=O)Nc2nnns2)c1. The highest BCUT2D eigenvalue weighted by molar-refractivity contribution is 7.09. The van der Waals surface area contributed by atoms with Crippen molar-refractivity contribution in [1.29, 1.82) is 0 Å². The number of rotatable bonds is 6. The van der Waals surface area contributed by atoms with Gasteiger partial charge in [-0.25, -0.2) is 4.79 Å². The van der Waals surface area contributed by atoms with Gasteiger partial charge in [0.05, 0.1) is 0 Å². The van der Waals surface area contributed by atoms with E-state index in [1.165, 1.54) is 0 Å². The van der Waals surface area contributed by atoms with Gasteiger partial charge in [-0.05, 0) is 42.8 Å². The summed E-state index contributed by atoms with van der Waals surface area (Å²) < 4.78 is 3.58. The standard InChI is InChI=1S/C13H18N6OS/c1-3-7-14-9(2)10-5-4-6-11(8-10)15-12(20)16-13-17-18-19-21-13/h4-6,8-9,14H,3,7H2,1-2H3,(H2,15,16,17,19,20). The molecule has 0 spiro atoms. The number of nitrogens with one attached hydrogen (secondary N) is 3. The predicted octanol–water partition coefficient (Wildman–Crippen LogP) is 2.64. The van der Waals surface area contributed by atoms with Gasteiger partial charge in [0.1, 0.15) is 0 Å². The lowest BCUT2D eigenvalue weighted by molar-refractivity contribution is 0.262. The van der Waals surface area contributed by atoms with E-state index in [0.717, 1.165) is 35.7 Å². The first kappa shape index (κ1) is 15.3. The van der Waals surface area contributed by atoms with E-state index in [0.29, 0.717) is 5.13 Å². The minimum absolute atomic E-state index is 0.238. The molecule has 1 unspecified atom stereocenters. The number of hydrogen-bond donors (Lipinski definition) is 3. The molecule has 0 saturated heterocycles. The Bertz CT molecular complexity index is 574. The van der Waals surface area contributed by atoms with Crippen molar-refractivity contribution in [3.63, 3.8) is 0 Å². The summed E-state index contributed by atoms with van der Waals surface area (Å²) in [6, 6.07) is 7.62. The zero-order valence-electron chi connectivity index (χ0n) is 12.0. The molecule has 0 aliphatic heterocycles. The zero-order valence-corrected chi connectivity index (χ0v) is 12.8. The highest BCUT2D eigenvalue weighted by atomic mass is 32.1. The number of carbonyl (C=O) groups is 1. The Morgan fingerprint density at radius 3 is 2.95 bits per heavy atom. The Morgan fingerprint density at radius 2 is 2.24 bits per heavy atom. The molecule has 0 aliphatic rings. The first-order valence-electron chi connectivity index (χ1n) is 6.75. The van der Waals surface area contributed by atoms with Crippen LogP contribution >= 0.6 is 11.5 Å². The Morgan fingerprint density at radius 1 is 1.38 bits per heavy atom. The third kappa shape index (κ3) is 4.76. The molecule has 2 amide bonds. The van der Waals surface area contributed by atoms with Crippen LogP contribution in [0, 0.1) is 0 Å². The maximum Gasteiger partial charge on any atom is 0.325 e. The topological polar surface area (TPSA) is 91.8 Å². The molecule has 0 saturated carbocycles. The summed E-state index contributed by atoms with van der Waals surface area (Å²) in [6.45, 7) is 5.19. The second-order valence-electron chi connectivity index (χ2n) is 4.55. The van der Waals surface area contributed by atoms with Gasteiger partial charge in [0.15, 0.2) is 0 Å². The molecule has 8 heteroatoms. The van der Waals surface area contributed by atoms with Crippen LogP contribution in [0.1, 0.15) is 31.9 Å². The third-order valence-electron chi connectivity index (χ3n) is 2.86. The Hall–Kier alpha value is -2.06. The molecule has 0 radical (unpaired) electrons. The van der Waals surface area contributed by atoms with Gasteiger partial charge >= 0.3 is 6.03 Å². The number of carbonyl (C=O) groups excluding carboxylic acids is 1. The number of benzene rings is 1. The summed E-state index contributed by atoms with van der Waals surface area (Å²) in [5.41, 5.74) is 1.85. The second kappa shape index (κ2) is 7.65. The predicted molar refractivity (Wildman–Crippen MR) is 83.5 cm³/mol. The van der Waals surface area contributed by atoms with Crippen LogP contribution in [-0.2, 0) is 0 Å². The Balaban J connectivity index is 1.95. The van der Waals surface area contributed by atoms with E-state index in [1.54, 1.807) is 0 Å². The van der Waals surface area contributed by atoms with Crippen LogP contribution < -0.4 is 16.0 Å².